The second-order valence-electron chi connectivity index (χ2n) is 4.11. The molecule has 0 aliphatic rings. The van der Waals surface area contributed by atoms with Crippen LogP contribution in [0.5, 0.6) is 0 Å². The standard InChI is InChI=1S/C14H14BrFOS/c1-2-10-4-5-11(18-10)8-14(17)12-7-9(16)3-6-13(12)15/h3-7,14,17H,2,8H2,1H3. The highest BCUT2D eigenvalue weighted by molar-refractivity contribution is 9.10. The lowest BCUT2D eigenvalue weighted by atomic mass is 10.1. The van der Waals surface area contributed by atoms with Gasteiger partial charge in [-0.25, -0.2) is 4.39 Å². The Morgan fingerprint density at radius 3 is 2.67 bits per heavy atom. The number of rotatable bonds is 4. The Hall–Kier alpha value is -0.710. The molecule has 1 aromatic heterocycles. The summed E-state index contributed by atoms with van der Waals surface area (Å²) in [6, 6.07) is 8.48. The first kappa shape index (κ1) is 13.7. The number of aryl methyl sites for hydroxylation is 1. The normalized spacial score (nSPS) is 12.7. The molecule has 1 aromatic carbocycles. The smallest absolute Gasteiger partial charge is 0.123 e. The van der Waals surface area contributed by atoms with Gasteiger partial charge in [-0.15, -0.1) is 11.3 Å². The van der Waals surface area contributed by atoms with Crippen LogP contribution >= 0.6 is 27.3 Å². The Morgan fingerprint density at radius 1 is 1.28 bits per heavy atom. The highest BCUT2D eigenvalue weighted by atomic mass is 79.9. The highest BCUT2D eigenvalue weighted by Gasteiger charge is 2.14. The summed E-state index contributed by atoms with van der Waals surface area (Å²) >= 11 is 5.04. The van der Waals surface area contributed by atoms with Crippen LogP contribution in [0.15, 0.2) is 34.8 Å². The van der Waals surface area contributed by atoms with E-state index >= 15 is 0 Å². The Bertz CT molecular complexity index is 538. The molecule has 0 radical (unpaired) electrons. The van der Waals surface area contributed by atoms with Crippen molar-refractivity contribution in [2.45, 2.75) is 25.9 Å². The molecule has 4 heteroatoms. The molecule has 0 aliphatic heterocycles. The molecule has 0 fully saturated rings. The van der Waals surface area contributed by atoms with Crippen molar-refractivity contribution in [2.24, 2.45) is 0 Å². The van der Waals surface area contributed by atoms with Crippen molar-refractivity contribution in [3.05, 3.63) is 55.9 Å². The summed E-state index contributed by atoms with van der Waals surface area (Å²) in [7, 11) is 0. The molecule has 0 bridgehead atoms. The fourth-order valence-corrected chi connectivity index (χ4v) is 3.30. The number of hydrogen-bond donors (Lipinski definition) is 1. The zero-order valence-corrected chi connectivity index (χ0v) is 12.4. The number of thiophene rings is 1. The molecule has 1 nitrogen and oxygen atoms in total. The van der Waals surface area contributed by atoms with Crippen LogP contribution in [0.25, 0.3) is 0 Å². The Morgan fingerprint density at radius 2 is 2.00 bits per heavy atom. The first-order chi connectivity index (χ1) is 8.60. The third kappa shape index (κ3) is 3.19. The molecule has 1 unspecified atom stereocenters. The number of benzene rings is 1. The molecule has 2 aromatic rings. The minimum absolute atomic E-state index is 0.326. The van der Waals surface area contributed by atoms with Crippen LogP contribution in [0.4, 0.5) is 4.39 Å². The summed E-state index contributed by atoms with van der Waals surface area (Å²) in [5.41, 5.74) is 0.599. The van der Waals surface area contributed by atoms with E-state index in [9.17, 15) is 9.50 Å². The van der Waals surface area contributed by atoms with Gasteiger partial charge < -0.3 is 5.11 Å². The van der Waals surface area contributed by atoms with Gasteiger partial charge in [0.15, 0.2) is 0 Å². The van der Waals surface area contributed by atoms with Crippen molar-refractivity contribution in [3.8, 4) is 0 Å². The van der Waals surface area contributed by atoms with Gasteiger partial charge in [0.05, 0.1) is 6.10 Å². The predicted molar refractivity (Wildman–Crippen MR) is 76.5 cm³/mol. The van der Waals surface area contributed by atoms with Crippen molar-refractivity contribution < 1.29 is 9.50 Å². The van der Waals surface area contributed by atoms with Crippen LogP contribution in [0, 0.1) is 5.82 Å². The molecule has 0 saturated heterocycles. The lowest BCUT2D eigenvalue weighted by Crippen LogP contribution is -2.02. The SMILES string of the molecule is CCc1ccc(CC(O)c2cc(F)ccc2Br)s1. The van der Waals surface area contributed by atoms with E-state index in [-0.39, 0.29) is 5.82 Å². The second-order valence-corrected chi connectivity index (χ2v) is 6.21. The zero-order valence-electron chi connectivity index (χ0n) is 9.99. The first-order valence-electron chi connectivity index (χ1n) is 5.80. The third-order valence-electron chi connectivity index (χ3n) is 2.78. The van der Waals surface area contributed by atoms with Crippen LogP contribution in [0.2, 0.25) is 0 Å². The Kier molecular flexibility index (Phi) is 4.54. The topological polar surface area (TPSA) is 20.2 Å². The summed E-state index contributed by atoms with van der Waals surface area (Å²) in [5, 5.41) is 10.2. The van der Waals surface area contributed by atoms with Gasteiger partial charge in [-0.05, 0) is 42.3 Å². The van der Waals surface area contributed by atoms with E-state index in [0.29, 0.717) is 12.0 Å². The molecular weight excluding hydrogens is 315 g/mol. The Balaban J connectivity index is 2.16. The van der Waals surface area contributed by atoms with Crippen LogP contribution in [0.1, 0.15) is 28.3 Å². The van der Waals surface area contributed by atoms with E-state index in [1.807, 2.05) is 6.07 Å². The lowest BCUT2D eigenvalue weighted by molar-refractivity contribution is 0.178. The van der Waals surface area contributed by atoms with E-state index in [1.165, 1.54) is 17.0 Å². The van der Waals surface area contributed by atoms with Crippen LogP contribution < -0.4 is 0 Å². The van der Waals surface area contributed by atoms with Gasteiger partial charge in [-0.3, -0.25) is 0 Å². The van der Waals surface area contributed by atoms with E-state index in [0.717, 1.165) is 15.8 Å². The summed E-state index contributed by atoms with van der Waals surface area (Å²) in [6.07, 6.45) is 0.843. The highest BCUT2D eigenvalue weighted by Crippen LogP contribution is 2.29. The lowest BCUT2D eigenvalue weighted by Gasteiger charge is -2.12. The van der Waals surface area contributed by atoms with Crippen LogP contribution in [-0.2, 0) is 12.8 Å². The quantitative estimate of drug-likeness (QED) is 0.876. The first-order valence-corrected chi connectivity index (χ1v) is 7.41. The largest absolute Gasteiger partial charge is 0.388 e. The number of aliphatic hydroxyl groups excluding tert-OH is 1. The van der Waals surface area contributed by atoms with Crippen molar-refractivity contribution in [2.75, 3.05) is 0 Å². The summed E-state index contributed by atoms with van der Waals surface area (Å²) in [4.78, 5) is 2.42. The molecule has 2 rings (SSSR count). The molecule has 18 heavy (non-hydrogen) atoms. The molecule has 0 spiro atoms. The predicted octanol–water partition coefficient (Wildman–Crippen LogP) is 4.49. The van der Waals surface area contributed by atoms with Gasteiger partial charge in [-0.1, -0.05) is 22.9 Å². The van der Waals surface area contributed by atoms with Gasteiger partial charge in [0.2, 0.25) is 0 Å². The van der Waals surface area contributed by atoms with E-state index in [4.69, 9.17) is 0 Å². The van der Waals surface area contributed by atoms with Crippen molar-refractivity contribution in [1.29, 1.82) is 0 Å². The maximum atomic E-state index is 13.2. The van der Waals surface area contributed by atoms with Crippen molar-refractivity contribution in [3.63, 3.8) is 0 Å². The fourth-order valence-electron chi connectivity index (χ4n) is 1.79. The number of hydrogen-bond acceptors (Lipinski definition) is 2. The Labute approximate surface area is 118 Å². The molecule has 1 atom stereocenters. The average Bonchev–Trinajstić information content (AvgIpc) is 2.80. The second kappa shape index (κ2) is 5.95. The molecule has 0 saturated carbocycles. The molecule has 1 heterocycles. The van der Waals surface area contributed by atoms with Crippen molar-refractivity contribution in [1.82, 2.24) is 0 Å². The minimum atomic E-state index is -0.682. The van der Waals surface area contributed by atoms with Crippen molar-refractivity contribution >= 4 is 27.3 Å². The molecular formula is C14H14BrFOS. The van der Waals surface area contributed by atoms with Gasteiger partial charge in [-0.2, -0.15) is 0 Å². The summed E-state index contributed by atoms with van der Waals surface area (Å²) in [6.45, 7) is 2.11. The van der Waals surface area contributed by atoms with Crippen LogP contribution in [0.3, 0.4) is 0 Å². The van der Waals surface area contributed by atoms with Gasteiger partial charge in [0.25, 0.3) is 0 Å². The number of aliphatic hydroxyl groups is 1. The molecule has 96 valence electrons. The third-order valence-corrected chi connectivity index (χ3v) is 4.75. The molecule has 0 aliphatic carbocycles. The fraction of sp³-hybridized carbons (Fsp3) is 0.286. The van der Waals surface area contributed by atoms with Gasteiger partial charge in [0.1, 0.15) is 5.82 Å². The monoisotopic (exact) mass is 328 g/mol. The van der Waals surface area contributed by atoms with Gasteiger partial charge >= 0.3 is 0 Å². The maximum absolute atomic E-state index is 13.2. The van der Waals surface area contributed by atoms with E-state index < -0.39 is 6.10 Å². The zero-order chi connectivity index (χ0) is 13.1. The van der Waals surface area contributed by atoms with Gasteiger partial charge in [0, 0.05) is 20.6 Å². The van der Waals surface area contributed by atoms with E-state index in [2.05, 4.69) is 28.9 Å². The molecule has 0 amide bonds. The number of halogens is 2. The summed E-state index contributed by atoms with van der Waals surface area (Å²) < 4.78 is 13.9. The average molecular weight is 329 g/mol. The minimum Gasteiger partial charge on any atom is -0.388 e. The van der Waals surface area contributed by atoms with Crippen LogP contribution in [-0.4, -0.2) is 5.11 Å². The maximum Gasteiger partial charge on any atom is 0.123 e. The summed E-state index contributed by atoms with van der Waals surface area (Å²) in [5.74, 6) is -0.326. The van der Waals surface area contributed by atoms with E-state index in [1.54, 1.807) is 17.4 Å². The molecule has 1 N–H and O–H groups in total.